The first kappa shape index (κ1) is 12.2. The van der Waals surface area contributed by atoms with Crippen LogP contribution in [-0.2, 0) is 17.8 Å². The van der Waals surface area contributed by atoms with E-state index in [4.69, 9.17) is 0 Å². The molecule has 1 aliphatic heterocycles. The Morgan fingerprint density at radius 2 is 1.88 bits per heavy atom. The fourth-order valence-corrected chi connectivity index (χ4v) is 2.58. The lowest BCUT2D eigenvalue weighted by Crippen LogP contribution is -2.39. The molecule has 2 nitrogen and oxygen atoms in total. The van der Waals surface area contributed by atoms with Crippen LogP contribution in [0.3, 0.4) is 0 Å². The van der Waals surface area contributed by atoms with Gasteiger partial charge in [0.05, 0.1) is 0 Å². The lowest BCUT2D eigenvalue weighted by molar-refractivity contribution is -0.136. The largest absolute Gasteiger partial charge is 0.338 e. The van der Waals surface area contributed by atoms with Crippen molar-refractivity contribution in [3.8, 4) is 0 Å². The molecule has 2 rings (SSSR count). The third-order valence-corrected chi connectivity index (χ3v) is 3.78. The van der Waals surface area contributed by atoms with Gasteiger partial charge in [-0.1, -0.05) is 38.1 Å². The number of hydrogen-bond acceptors (Lipinski definition) is 1. The maximum Gasteiger partial charge on any atom is 0.225 e. The van der Waals surface area contributed by atoms with E-state index in [1.54, 1.807) is 0 Å². The lowest BCUT2D eigenvalue weighted by atomic mass is 9.96. The van der Waals surface area contributed by atoms with Crippen LogP contribution in [0, 0.1) is 5.92 Å². The Balaban J connectivity index is 2.09. The van der Waals surface area contributed by atoms with Gasteiger partial charge in [0, 0.05) is 19.0 Å². The van der Waals surface area contributed by atoms with Crippen LogP contribution in [0.15, 0.2) is 24.3 Å². The van der Waals surface area contributed by atoms with Crippen LogP contribution in [0.1, 0.15) is 37.8 Å². The molecule has 1 heterocycles. The van der Waals surface area contributed by atoms with E-state index in [2.05, 4.69) is 38.1 Å². The minimum atomic E-state index is 0.209. The summed E-state index contributed by atoms with van der Waals surface area (Å²) in [6.07, 6.45) is 2.91. The van der Waals surface area contributed by atoms with Crippen molar-refractivity contribution in [2.45, 2.75) is 39.7 Å². The van der Waals surface area contributed by atoms with Crippen LogP contribution in [0.5, 0.6) is 0 Å². The summed E-state index contributed by atoms with van der Waals surface area (Å²) in [5.41, 5.74) is 2.72. The topological polar surface area (TPSA) is 20.3 Å². The number of fused-ring (bicyclic) bond motifs is 1. The smallest absolute Gasteiger partial charge is 0.225 e. The van der Waals surface area contributed by atoms with E-state index in [1.165, 1.54) is 11.1 Å². The molecular formula is C15H21NO. The molecule has 0 saturated carbocycles. The van der Waals surface area contributed by atoms with Crippen molar-refractivity contribution in [1.82, 2.24) is 4.90 Å². The average molecular weight is 231 g/mol. The Morgan fingerprint density at radius 1 is 1.24 bits per heavy atom. The van der Waals surface area contributed by atoms with E-state index in [-0.39, 0.29) is 5.92 Å². The molecule has 0 radical (unpaired) electrons. The third kappa shape index (κ3) is 2.51. The predicted molar refractivity (Wildman–Crippen MR) is 69.6 cm³/mol. The van der Waals surface area contributed by atoms with Gasteiger partial charge >= 0.3 is 0 Å². The molecule has 0 aliphatic carbocycles. The van der Waals surface area contributed by atoms with Crippen LogP contribution in [0.25, 0.3) is 0 Å². The van der Waals surface area contributed by atoms with E-state index >= 15 is 0 Å². The molecule has 0 bridgehead atoms. The highest BCUT2D eigenvalue weighted by Gasteiger charge is 2.24. The Kier molecular flexibility index (Phi) is 3.82. The summed E-state index contributed by atoms with van der Waals surface area (Å²) in [4.78, 5) is 14.3. The summed E-state index contributed by atoms with van der Waals surface area (Å²) in [6.45, 7) is 5.88. The number of amides is 1. The first-order chi connectivity index (χ1) is 8.26. The second-order valence-corrected chi connectivity index (χ2v) is 4.79. The van der Waals surface area contributed by atoms with Gasteiger partial charge in [0.2, 0.25) is 5.91 Å². The molecule has 0 aromatic heterocycles. The molecule has 0 spiro atoms. The van der Waals surface area contributed by atoms with Gasteiger partial charge in [-0.05, 0) is 30.4 Å². The standard InChI is InChI=1S/C15H21NO/c1-3-12(4-2)15(17)16-10-9-13-7-5-6-8-14(13)11-16/h5-8,12H,3-4,9-11H2,1-2H3. The zero-order valence-electron chi connectivity index (χ0n) is 10.8. The first-order valence-corrected chi connectivity index (χ1v) is 6.61. The number of benzene rings is 1. The molecule has 0 saturated heterocycles. The van der Waals surface area contributed by atoms with E-state index in [0.717, 1.165) is 32.4 Å². The monoisotopic (exact) mass is 231 g/mol. The summed E-state index contributed by atoms with van der Waals surface area (Å²) in [5, 5.41) is 0. The second kappa shape index (κ2) is 5.35. The highest BCUT2D eigenvalue weighted by molar-refractivity contribution is 5.79. The maximum atomic E-state index is 12.3. The van der Waals surface area contributed by atoms with Crippen molar-refractivity contribution in [2.24, 2.45) is 5.92 Å². The van der Waals surface area contributed by atoms with Crippen molar-refractivity contribution in [2.75, 3.05) is 6.54 Å². The molecule has 0 atom stereocenters. The molecule has 0 fully saturated rings. The summed E-state index contributed by atoms with van der Waals surface area (Å²) in [5.74, 6) is 0.546. The number of hydrogen-bond donors (Lipinski definition) is 0. The Bertz CT molecular complexity index is 396. The Morgan fingerprint density at radius 3 is 2.53 bits per heavy atom. The average Bonchev–Trinajstić information content (AvgIpc) is 2.39. The van der Waals surface area contributed by atoms with Gasteiger partial charge in [-0.3, -0.25) is 4.79 Å². The van der Waals surface area contributed by atoms with Gasteiger partial charge in [0.1, 0.15) is 0 Å². The van der Waals surface area contributed by atoms with Crippen LogP contribution in [0.4, 0.5) is 0 Å². The highest BCUT2D eigenvalue weighted by atomic mass is 16.2. The number of carbonyl (C=O) groups is 1. The van der Waals surface area contributed by atoms with Gasteiger partial charge in [0.15, 0.2) is 0 Å². The van der Waals surface area contributed by atoms with E-state index < -0.39 is 0 Å². The van der Waals surface area contributed by atoms with Gasteiger partial charge in [-0.25, -0.2) is 0 Å². The molecular weight excluding hydrogens is 210 g/mol. The molecule has 1 aromatic rings. The summed E-state index contributed by atoms with van der Waals surface area (Å²) >= 11 is 0. The lowest BCUT2D eigenvalue weighted by Gasteiger charge is -2.31. The molecule has 2 heteroatoms. The van der Waals surface area contributed by atoms with Crippen molar-refractivity contribution >= 4 is 5.91 Å². The van der Waals surface area contributed by atoms with Crippen molar-refractivity contribution < 1.29 is 4.79 Å². The van der Waals surface area contributed by atoms with Crippen molar-refractivity contribution in [3.05, 3.63) is 35.4 Å². The predicted octanol–water partition coefficient (Wildman–Crippen LogP) is 3.01. The fraction of sp³-hybridized carbons (Fsp3) is 0.533. The third-order valence-electron chi connectivity index (χ3n) is 3.78. The van der Waals surface area contributed by atoms with Crippen LogP contribution in [0.2, 0.25) is 0 Å². The maximum absolute atomic E-state index is 12.3. The molecule has 1 aromatic carbocycles. The van der Waals surface area contributed by atoms with E-state index in [9.17, 15) is 4.79 Å². The quantitative estimate of drug-likeness (QED) is 0.783. The van der Waals surface area contributed by atoms with Gasteiger partial charge < -0.3 is 4.90 Å². The summed E-state index contributed by atoms with van der Waals surface area (Å²) in [6, 6.07) is 8.46. The fourth-order valence-electron chi connectivity index (χ4n) is 2.58. The minimum Gasteiger partial charge on any atom is -0.338 e. The van der Waals surface area contributed by atoms with Gasteiger partial charge in [0.25, 0.3) is 0 Å². The molecule has 17 heavy (non-hydrogen) atoms. The SMILES string of the molecule is CCC(CC)C(=O)N1CCc2ccccc2C1. The summed E-state index contributed by atoms with van der Waals surface area (Å²) in [7, 11) is 0. The zero-order chi connectivity index (χ0) is 12.3. The minimum absolute atomic E-state index is 0.209. The van der Waals surface area contributed by atoms with Crippen LogP contribution in [-0.4, -0.2) is 17.4 Å². The van der Waals surface area contributed by atoms with Crippen LogP contribution < -0.4 is 0 Å². The van der Waals surface area contributed by atoms with Crippen LogP contribution >= 0.6 is 0 Å². The zero-order valence-corrected chi connectivity index (χ0v) is 10.8. The molecule has 0 N–H and O–H groups in total. The molecule has 1 amide bonds. The van der Waals surface area contributed by atoms with Crippen molar-refractivity contribution in [3.63, 3.8) is 0 Å². The van der Waals surface area contributed by atoms with E-state index in [0.29, 0.717) is 5.91 Å². The van der Waals surface area contributed by atoms with Crippen molar-refractivity contribution in [1.29, 1.82) is 0 Å². The van der Waals surface area contributed by atoms with E-state index in [1.807, 2.05) is 4.90 Å². The molecule has 92 valence electrons. The highest BCUT2D eigenvalue weighted by Crippen LogP contribution is 2.21. The number of rotatable bonds is 3. The Hall–Kier alpha value is -1.31. The number of nitrogens with zero attached hydrogens (tertiary/aromatic N) is 1. The molecule has 0 unspecified atom stereocenters. The Labute approximate surface area is 104 Å². The first-order valence-electron chi connectivity index (χ1n) is 6.61. The number of carbonyl (C=O) groups excluding carboxylic acids is 1. The normalized spacial score (nSPS) is 14.9. The second-order valence-electron chi connectivity index (χ2n) is 4.79. The van der Waals surface area contributed by atoms with Gasteiger partial charge in [-0.15, -0.1) is 0 Å². The summed E-state index contributed by atoms with van der Waals surface area (Å²) < 4.78 is 0. The molecule has 1 aliphatic rings. The van der Waals surface area contributed by atoms with Gasteiger partial charge in [-0.2, -0.15) is 0 Å².